The number of hydrogen-bond acceptors (Lipinski definition) is 3. The second-order valence-corrected chi connectivity index (χ2v) is 7.72. The van der Waals surface area contributed by atoms with Gasteiger partial charge in [0.05, 0.1) is 17.8 Å². The molecule has 0 spiro atoms. The Morgan fingerprint density at radius 2 is 1.96 bits per heavy atom. The topological polar surface area (TPSA) is 46.4 Å². The summed E-state index contributed by atoms with van der Waals surface area (Å²) in [6.07, 6.45) is 2.14. The summed E-state index contributed by atoms with van der Waals surface area (Å²) in [5.41, 5.74) is 3.28. The summed E-state index contributed by atoms with van der Waals surface area (Å²) < 4.78 is 16.0. The Morgan fingerprint density at radius 1 is 1.19 bits per heavy atom. The lowest BCUT2D eigenvalue weighted by atomic mass is 10.2. The number of thiazole rings is 1. The van der Waals surface area contributed by atoms with E-state index in [0.717, 1.165) is 31.2 Å². The minimum Gasteiger partial charge on any atom is -0.325 e. The van der Waals surface area contributed by atoms with Crippen molar-refractivity contribution in [3.05, 3.63) is 75.2 Å². The van der Waals surface area contributed by atoms with Crippen molar-refractivity contribution in [2.24, 2.45) is 0 Å². The van der Waals surface area contributed by atoms with Gasteiger partial charge in [0, 0.05) is 26.4 Å². The molecule has 0 aliphatic rings. The first-order valence-electron chi connectivity index (χ1n) is 7.86. The van der Waals surface area contributed by atoms with Gasteiger partial charge in [0.1, 0.15) is 5.82 Å². The van der Waals surface area contributed by atoms with Crippen LogP contribution in [-0.4, -0.2) is 15.3 Å². The number of amides is 1. The summed E-state index contributed by atoms with van der Waals surface area (Å²) >= 11 is 3.68. The zero-order valence-corrected chi connectivity index (χ0v) is 16.4. The molecule has 0 aliphatic heterocycles. The van der Waals surface area contributed by atoms with Crippen LogP contribution >= 0.6 is 33.9 Å². The van der Waals surface area contributed by atoms with E-state index in [1.165, 1.54) is 23.5 Å². The largest absolute Gasteiger partial charge is 0.325 e. The molecule has 0 saturated heterocycles. The Balaban J connectivity index is 1.56. The summed E-state index contributed by atoms with van der Waals surface area (Å²) in [6.45, 7) is 0. The molecule has 0 aliphatic carbocycles. The van der Waals surface area contributed by atoms with Gasteiger partial charge < -0.3 is 5.32 Å². The van der Waals surface area contributed by atoms with Gasteiger partial charge in [0.15, 0.2) is 4.96 Å². The molecule has 4 nitrogen and oxygen atoms in total. The summed E-state index contributed by atoms with van der Waals surface area (Å²) in [5, 5.41) is 4.88. The minimum absolute atomic E-state index is 0.0779. The monoisotopic (exact) mass is 477 g/mol. The maximum atomic E-state index is 13.1. The standard InChI is InChI=1S/C19H13FIN3OS/c20-13-7-5-12(6-8-13)17-10-24-14(11-26-19(24)23-17)9-18(25)22-16-4-2-1-3-15(16)21/h1-8,10-11H,9H2,(H,22,25). The van der Waals surface area contributed by atoms with Crippen molar-refractivity contribution in [3.8, 4) is 11.3 Å². The lowest BCUT2D eigenvalue weighted by molar-refractivity contribution is -0.115. The fourth-order valence-electron chi connectivity index (χ4n) is 2.64. The van der Waals surface area contributed by atoms with Crippen molar-refractivity contribution >= 4 is 50.5 Å². The van der Waals surface area contributed by atoms with E-state index >= 15 is 0 Å². The molecule has 2 aromatic heterocycles. The lowest BCUT2D eigenvalue weighted by Gasteiger charge is -2.06. The highest BCUT2D eigenvalue weighted by molar-refractivity contribution is 14.1. The molecule has 0 atom stereocenters. The number of carbonyl (C=O) groups is 1. The third-order valence-corrected chi connectivity index (χ3v) is 5.74. The van der Waals surface area contributed by atoms with Crippen molar-refractivity contribution in [2.45, 2.75) is 6.42 Å². The van der Waals surface area contributed by atoms with E-state index in [2.05, 4.69) is 32.9 Å². The molecular formula is C19H13FIN3OS. The summed E-state index contributed by atoms with van der Waals surface area (Å²) in [5.74, 6) is -0.353. The Kier molecular flexibility index (Phi) is 4.73. The predicted octanol–water partition coefficient (Wildman–Crippen LogP) is 4.99. The first-order chi connectivity index (χ1) is 12.6. The molecule has 0 saturated carbocycles. The SMILES string of the molecule is O=C(Cc1csc2nc(-c3ccc(F)cc3)cn12)Nc1ccccc1I. The molecule has 0 fully saturated rings. The summed E-state index contributed by atoms with van der Waals surface area (Å²) in [6, 6.07) is 13.9. The van der Waals surface area contributed by atoms with Crippen LogP contribution in [0.15, 0.2) is 60.1 Å². The molecule has 1 N–H and O–H groups in total. The van der Waals surface area contributed by atoms with Crippen LogP contribution in [0, 0.1) is 9.39 Å². The van der Waals surface area contributed by atoms with E-state index in [-0.39, 0.29) is 18.1 Å². The van der Waals surface area contributed by atoms with Gasteiger partial charge in [0.2, 0.25) is 5.91 Å². The first kappa shape index (κ1) is 17.2. The van der Waals surface area contributed by atoms with Crippen LogP contribution in [-0.2, 0) is 11.2 Å². The van der Waals surface area contributed by atoms with Crippen LogP contribution in [0.4, 0.5) is 10.1 Å². The highest BCUT2D eigenvalue weighted by Crippen LogP contribution is 2.24. The average molecular weight is 477 g/mol. The van der Waals surface area contributed by atoms with Crippen LogP contribution in [0.25, 0.3) is 16.2 Å². The molecule has 2 heterocycles. The second kappa shape index (κ2) is 7.16. The van der Waals surface area contributed by atoms with E-state index in [9.17, 15) is 9.18 Å². The fraction of sp³-hybridized carbons (Fsp3) is 0.0526. The van der Waals surface area contributed by atoms with Crippen LogP contribution in [0.1, 0.15) is 5.69 Å². The highest BCUT2D eigenvalue weighted by atomic mass is 127. The zero-order valence-electron chi connectivity index (χ0n) is 13.4. The van der Waals surface area contributed by atoms with E-state index in [1.54, 1.807) is 12.1 Å². The van der Waals surface area contributed by atoms with Crippen LogP contribution < -0.4 is 5.32 Å². The van der Waals surface area contributed by atoms with E-state index in [0.29, 0.717) is 0 Å². The van der Waals surface area contributed by atoms with Crippen molar-refractivity contribution in [2.75, 3.05) is 5.32 Å². The average Bonchev–Trinajstić information content (AvgIpc) is 3.20. The minimum atomic E-state index is -0.275. The van der Waals surface area contributed by atoms with Crippen molar-refractivity contribution < 1.29 is 9.18 Å². The molecule has 4 rings (SSSR count). The predicted molar refractivity (Wildman–Crippen MR) is 110 cm³/mol. The Bertz CT molecular complexity index is 1090. The molecule has 0 bridgehead atoms. The molecule has 0 unspecified atom stereocenters. The number of fused-ring (bicyclic) bond motifs is 1. The number of para-hydroxylation sites is 1. The Hall–Kier alpha value is -2.26. The van der Waals surface area contributed by atoms with Gasteiger partial charge in [-0.3, -0.25) is 9.20 Å². The second-order valence-electron chi connectivity index (χ2n) is 5.72. The van der Waals surface area contributed by atoms with Crippen molar-refractivity contribution in [1.29, 1.82) is 0 Å². The van der Waals surface area contributed by atoms with E-state index in [1.807, 2.05) is 40.2 Å². The number of halogens is 2. The normalized spacial score (nSPS) is 11.0. The quantitative estimate of drug-likeness (QED) is 0.422. The summed E-state index contributed by atoms with van der Waals surface area (Å²) in [4.78, 5) is 17.8. The van der Waals surface area contributed by atoms with Gasteiger partial charge in [-0.2, -0.15) is 0 Å². The number of anilines is 1. The highest BCUT2D eigenvalue weighted by Gasteiger charge is 2.13. The number of imidazole rings is 1. The van der Waals surface area contributed by atoms with Crippen LogP contribution in [0.2, 0.25) is 0 Å². The van der Waals surface area contributed by atoms with Crippen LogP contribution in [0.3, 0.4) is 0 Å². The summed E-state index contributed by atoms with van der Waals surface area (Å²) in [7, 11) is 0. The molecule has 26 heavy (non-hydrogen) atoms. The van der Waals surface area contributed by atoms with Gasteiger partial charge in [0.25, 0.3) is 0 Å². The van der Waals surface area contributed by atoms with E-state index < -0.39 is 0 Å². The number of rotatable bonds is 4. The first-order valence-corrected chi connectivity index (χ1v) is 9.82. The van der Waals surface area contributed by atoms with Gasteiger partial charge in [-0.25, -0.2) is 9.37 Å². The smallest absolute Gasteiger partial charge is 0.230 e. The molecule has 4 aromatic rings. The fourth-order valence-corrected chi connectivity index (χ4v) is 4.03. The van der Waals surface area contributed by atoms with Gasteiger partial charge >= 0.3 is 0 Å². The molecular weight excluding hydrogens is 464 g/mol. The number of nitrogens with zero attached hydrogens (tertiary/aromatic N) is 2. The van der Waals surface area contributed by atoms with Crippen molar-refractivity contribution in [3.63, 3.8) is 0 Å². The number of carbonyl (C=O) groups excluding carboxylic acids is 1. The number of hydrogen-bond donors (Lipinski definition) is 1. The van der Waals surface area contributed by atoms with Gasteiger partial charge in [-0.15, -0.1) is 11.3 Å². The van der Waals surface area contributed by atoms with Crippen molar-refractivity contribution in [1.82, 2.24) is 9.38 Å². The lowest BCUT2D eigenvalue weighted by Crippen LogP contribution is -2.16. The number of benzene rings is 2. The third kappa shape index (κ3) is 3.49. The molecule has 1 amide bonds. The Morgan fingerprint density at radius 3 is 2.73 bits per heavy atom. The van der Waals surface area contributed by atoms with Gasteiger partial charge in [-0.1, -0.05) is 12.1 Å². The Labute approximate surface area is 166 Å². The molecule has 2 aromatic carbocycles. The molecule has 130 valence electrons. The number of nitrogens with one attached hydrogen (secondary N) is 1. The van der Waals surface area contributed by atoms with Crippen LogP contribution in [0.5, 0.6) is 0 Å². The molecule has 0 radical (unpaired) electrons. The third-order valence-electron chi connectivity index (χ3n) is 3.91. The maximum Gasteiger partial charge on any atom is 0.230 e. The maximum absolute atomic E-state index is 13.1. The zero-order chi connectivity index (χ0) is 18.1. The van der Waals surface area contributed by atoms with E-state index in [4.69, 9.17) is 0 Å². The van der Waals surface area contributed by atoms with Gasteiger partial charge in [-0.05, 0) is 59.0 Å². The molecule has 7 heteroatoms. The number of aromatic nitrogens is 2.